The Morgan fingerprint density at radius 2 is 2.32 bits per heavy atom. The van der Waals surface area contributed by atoms with Crippen LogP contribution in [0.15, 0.2) is 23.1 Å². The van der Waals surface area contributed by atoms with E-state index in [4.69, 9.17) is 5.11 Å². The number of aliphatic hydroxyl groups excluding tert-OH is 1. The number of anilines is 1. The number of rotatable bonds is 5. The summed E-state index contributed by atoms with van der Waals surface area (Å²) >= 11 is 1.48. The van der Waals surface area contributed by atoms with Gasteiger partial charge in [-0.15, -0.1) is 0 Å². The fourth-order valence-corrected chi connectivity index (χ4v) is 2.00. The molecule has 0 spiro atoms. The van der Waals surface area contributed by atoms with Crippen molar-refractivity contribution in [1.29, 1.82) is 0 Å². The predicted molar refractivity (Wildman–Crippen MR) is 77.4 cm³/mol. The summed E-state index contributed by atoms with van der Waals surface area (Å²) < 4.78 is 1.89. The monoisotopic (exact) mass is 279 g/mol. The molecule has 0 aliphatic heterocycles. The summed E-state index contributed by atoms with van der Waals surface area (Å²) in [6.45, 7) is 2.56. The molecule has 0 saturated heterocycles. The van der Waals surface area contributed by atoms with Crippen LogP contribution in [0.1, 0.15) is 6.92 Å². The molecule has 7 heteroatoms. The number of aromatic nitrogens is 4. The molecule has 0 aliphatic carbocycles. The van der Waals surface area contributed by atoms with Crippen LogP contribution in [0, 0.1) is 0 Å². The van der Waals surface area contributed by atoms with Gasteiger partial charge < -0.3 is 15.0 Å². The fourth-order valence-electron chi connectivity index (χ4n) is 1.64. The molecule has 0 fully saturated rings. The molecule has 0 aliphatic rings. The lowest BCUT2D eigenvalue weighted by Crippen LogP contribution is -2.06. The van der Waals surface area contributed by atoms with Crippen LogP contribution in [0.2, 0.25) is 0 Å². The third-order valence-electron chi connectivity index (χ3n) is 2.70. The van der Waals surface area contributed by atoms with E-state index in [1.807, 2.05) is 30.9 Å². The van der Waals surface area contributed by atoms with Crippen molar-refractivity contribution in [2.45, 2.75) is 12.1 Å². The van der Waals surface area contributed by atoms with Gasteiger partial charge in [-0.05, 0) is 13.2 Å². The molecule has 0 atom stereocenters. The van der Waals surface area contributed by atoms with Gasteiger partial charge >= 0.3 is 0 Å². The van der Waals surface area contributed by atoms with Gasteiger partial charge in [-0.25, -0.2) is 15.0 Å². The molecule has 19 heavy (non-hydrogen) atoms. The van der Waals surface area contributed by atoms with E-state index in [1.54, 1.807) is 6.33 Å². The predicted octanol–water partition coefficient (Wildman–Crippen LogP) is 1.44. The van der Waals surface area contributed by atoms with E-state index in [-0.39, 0.29) is 6.61 Å². The number of aliphatic hydroxyl groups is 1. The molecule has 0 unspecified atom stereocenters. The molecule has 0 bridgehead atoms. The van der Waals surface area contributed by atoms with E-state index in [1.165, 1.54) is 11.8 Å². The average Bonchev–Trinajstić information content (AvgIpc) is 2.80. The van der Waals surface area contributed by atoms with Gasteiger partial charge in [0.2, 0.25) is 0 Å². The second kappa shape index (κ2) is 6.03. The zero-order valence-corrected chi connectivity index (χ0v) is 12.0. The number of nitrogens with one attached hydrogen (secondary N) is 1. The van der Waals surface area contributed by atoms with Crippen LogP contribution < -0.4 is 5.32 Å². The maximum absolute atomic E-state index is 8.96. The lowest BCUT2D eigenvalue weighted by atomic mass is 10.3. The van der Waals surface area contributed by atoms with Crippen molar-refractivity contribution in [3.8, 4) is 0 Å². The lowest BCUT2D eigenvalue weighted by Gasteiger charge is -2.07. The number of aryl methyl sites for hydroxylation is 1. The minimum absolute atomic E-state index is 0.0721. The highest BCUT2D eigenvalue weighted by molar-refractivity contribution is 7.98. The standard InChI is InChI=1S/C12H17N5OS/c1-8(6-18)4-5-13-10-9-11(14-7-17(9)2)16-12(15-10)19-3/h4,7,18H,5-6H2,1-3H3,(H,13,15,16)/b8-4-. The van der Waals surface area contributed by atoms with Crippen LogP contribution in [0.25, 0.3) is 11.2 Å². The van der Waals surface area contributed by atoms with Gasteiger partial charge in [0, 0.05) is 13.6 Å². The number of fused-ring (bicyclic) bond motifs is 1. The lowest BCUT2D eigenvalue weighted by molar-refractivity contribution is 0.331. The Labute approximate surface area is 116 Å². The van der Waals surface area contributed by atoms with Gasteiger partial charge in [0.05, 0.1) is 12.9 Å². The molecule has 102 valence electrons. The maximum atomic E-state index is 8.96. The van der Waals surface area contributed by atoms with Crippen molar-refractivity contribution in [2.24, 2.45) is 7.05 Å². The van der Waals surface area contributed by atoms with Gasteiger partial charge in [0.15, 0.2) is 16.6 Å². The minimum Gasteiger partial charge on any atom is -0.392 e. The molecule has 0 aromatic carbocycles. The molecular weight excluding hydrogens is 262 g/mol. The molecule has 0 amide bonds. The third-order valence-corrected chi connectivity index (χ3v) is 3.25. The van der Waals surface area contributed by atoms with Crippen molar-refractivity contribution in [3.05, 3.63) is 18.0 Å². The Hall–Kier alpha value is -1.60. The second-order valence-corrected chi connectivity index (χ2v) is 4.95. The highest BCUT2D eigenvalue weighted by Gasteiger charge is 2.10. The van der Waals surface area contributed by atoms with E-state index in [0.29, 0.717) is 17.3 Å². The zero-order valence-electron chi connectivity index (χ0n) is 11.2. The highest BCUT2D eigenvalue weighted by atomic mass is 32.2. The van der Waals surface area contributed by atoms with Crippen molar-refractivity contribution < 1.29 is 5.11 Å². The van der Waals surface area contributed by atoms with E-state index in [0.717, 1.165) is 16.9 Å². The molecule has 6 nitrogen and oxygen atoms in total. The molecule has 2 heterocycles. The number of hydrogen-bond donors (Lipinski definition) is 2. The van der Waals surface area contributed by atoms with Crippen LogP contribution in [0.3, 0.4) is 0 Å². The summed E-state index contributed by atoms with van der Waals surface area (Å²) in [7, 11) is 1.91. The SMILES string of the molecule is CSc1nc(NC/C=C(/C)CO)c2c(ncn2C)n1. The molecule has 0 saturated carbocycles. The first-order valence-corrected chi connectivity index (χ1v) is 7.11. The maximum Gasteiger partial charge on any atom is 0.191 e. The summed E-state index contributed by atoms with van der Waals surface area (Å²) in [5, 5.41) is 12.9. The second-order valence-electron chi connectivity index (χ2n) is 4.18. The van der Waals surface area contributed by atoms with Crippen LogP contribution >= 0.6 is 11.8 Å². The molecule has 2 aromatic rings. The van der Waals surface area contributed by atoms with Crippen molar-refractivity contribution in [1.82, 2.24) is 19.5 Å². The number of thioether (sulfide) groups is 1. The Bertz CT molecular complexity index is 607. The first-order chi connectivity index (χ1) is 9.15. The minimum atomic E-state index is 0.0721. The summed E-state index contributed by atoms with van der Waals surface area (Å²) in [5.41, 5.74) is 2.49. The van der Waals surface area contributed by atoms with Gasteiger partial charge in [-0.3, -0.25) is 0 Å². The quantitative estimate of drug-likeness (QED) is 0.490. The molecule has 2 N–H and O–H groups in total. The van der Waals surface area contributed by atoms with Gasteiger partial charge in [0.25, 0.3) is 0 Å². The van der Waals surface area contributed by atoms with E-state index in [9.17, 15) is 0 Å². The average molecular weight is 279 g/mol. The first kappa shape index (κ1) is 13.8. The summed E-state index contributed by atoms with van der Waals surface area (Å²) in [4.78, 5) is 13.1. The summed E-state index contributed by atoms with van der Waals surface area (Å²) in [6, 6.07) is 0. The van der Waals surface area contributed by atoms with Gasteiger partial charge in [-0.1, -0.05) is 23.4 Å². The van der Waals surface area contributed by atoms with Crippen molar-refractivity contribution in [3.63, 3.8) is 0 Å². The van der Waals surface area contributed by atoms with E-state index >= 15 is 0 Å². The molecular formula is C12H17N5OS. The number of imidazole rings is 1. The van der Waals surface area contributed by atoms with E-state index in [2.05, 4.69) is 20.3 Å². The number of nitrogens with zero attached hydrogens (tertiary/aromatic N) is 4. The Morgan fingerprint density at radius 3 is 3.00 bits per heavy atom. The Kier molecular flexibility index (Phi) is 4.39. The largest absolute Gasteiger partial charge is 0.392 e. The number of hydrogen-bond acceptors (Lipinski definition) is 6. The fraction of sp³-hybridized carbons (Fsp3) is 0.417. The van der Waals surface area contributed by atoms with E-state index < -0.39 is 0 Å². The first-order valence-electron chi connectivity index (χ1n) is 5.89. The highest BCUT2D eigenvalue weighted by Crippen LogP contribution is 2.22. The smallest absolute Gasteiger partial charge is 0.191 e. The van der Waals surface area contributed by atoms with Crippen LogP contribution in [0.4, 0.5) is 5.82 Å². The van der Waals surface area contributed by atoms with Gasteiger partial charge in [0.1, 0.15) is 5.52 Å². The normalized spacial score (nSPS) is 12.1. The summed E-state index contributed by atoms with van der Waals surface area (Å²) in [5.74, 6) is 0.760. The molecule has 2 aromatic heterocycles. The van der Waals surface area contributed by atoms with Crippen LogP contribution in [0.5, 0.6) is 0 Å². The van der Waals surface area contributed by atoms with Crippen LogP contribution in [-0.4, -0.2) is 44.0 Å². The molecule has 0 radical (unpaired) electrons. The third kappa shape index (κ3) is 3.05. The Morgan fingerprint density at radius 1 is 1.53 bits per heavy atom. The van der Waals surface area contributed by atoms with Crippen molar-refractivity contribution >= 4 is 28.7 Å². The van der Waals surface area contributed by atoms with Crippen molar-refractivity contribution in [2.75, 3.05) is 24.7 Å². The zero-order chi connectivity index (χ0) is 13.8. The topological polar surface area (TPSA) is 75.9 Å². The Balaban J connectivity index is 2.32. The molecule has 2 rings (SSSR count). The van der Waals surface area contributed by atoms with Crippen LogP contribution in [-0.2, 0) is 7.05 Å². The van der Waals surface area contributed by atoms with Gasteiger partial charge in [-0.2, -0.15) is 0 Å². The summed E-state index contributed by atoms with van der Waals surface area (Å²) in [6.07, 6.45) is 5.59.